The van der Waals surface area contributed by atoms with Crippen molar-refractivity contribution in [3.63, 3.8) is 0 Å². The summed E-state index contributed by atoms with van der Waals surface area (Å²) in [5.74, 6) is -0.0482. The van der Waals surface area contributed by atoms with Crippen molar-refractivity contribution in [2.45, 2.75) is 6.92 Å². The predicted octanol–water partition coefficient (Wildman–Crippen LogP) is -0.808. The van der Waals surface area contributed by atoms with Crippen molar-refractivity contribution in [2.24, 2.45) is 5.73 Å². The SMILES string of the molecule is C=C(CN)CN1CC(=O)N(CC)CC1=O. The monoisotopic (exact) mass is 211 g/mol. The van der Waals surface area contributed by atoms with E-state index in [-0.39, 0.29) is 24.9 Å². The third kappa shape index (κ3) is 2.79. The fraction of sp³-hybridized carbons (Fsp3) is 0.600. The summed E-state index contributed by atoms with van der Waals surface area (Å²) in [6, 6.07) is 0. The van der Waals surface area contributed by atoms with Crippen molar-refractivity contribution in [3.8, 4) is 0 Å². The second-order valence-electron chi connectivity index (χ2n) is 3.61. The molecule has 5 heteroatoms. The second kappa shape index (κ2) is 4.93. The lowest BCUT2D eigenvalue weighted by Crippen LogP contribution is -2.54. The molecule has 0 aliphatic carbocycles. The van der Waals surface area contributed by atoms with Gasteiger partial charge in [0.1, 0.15) is 6.54 Å². The van der Waals surface area contributed by atoms with Crippen molar-refractivity contribution < 1.29 is 9.59 Å². The number of hydrogen-bond acceptors (Lipinski definition) is 3. The maximum absolute atomic E-state index is 11.6. The van der Waals surface area contributed by atoms with Crippen LogP contribution in [0.25, 0.3) is 0 Å². The summed E-state index contributed by atoms with van der Waals surface area (Å²) < 4.78 is 0. The van der Waals surface area contributed by atoms with Gasteiger partial charge >= 0.3 is 0 Å². The van der Waals surface area contributed by atoms with Gasteiger partial charge in [0.15, 0.2) is 0 Å². The van der Waals surface area contributed by atoms with Crippen molar-refractivity contribution >= 4 is 11.8 Å². The van der Waals surface area contributed by atoms with Crippen LogP contribution in [0.15, 0.2) is 12.2 Å². The number of nitrogens with zero attached hydrogens (tertiary/aromatic N) is 2. The van der Waals surface area contributed by atoms with Gasteiger partial charge < -0.3 is 15.5 Å². The Hall–Kier alpha value is -1.36. The number of piperazine rings is 1. The molecule has 1 saturated heterocycles. The van der Waals surface area contributed by atoms with Gasteiger partial charge in [-0.2, -0.15) is 0 Å². The van der Waals surface area contributed by atoms with Gasteiger partial charge in [-0.15, -0.1) is 0 Å². The second-order valence-corrected chi connectivity index (χ2v) is 3.61. The third-order valence-corrected chi connectivity index (χ3v) is 2.44. The number of carbonyl (C=O) groups excluding carboxylic acids is 2. The molecule has 1 heterocycles. The lowest BCUT2D eigenvalue weighted by Gasteiger charge is -2.33. The summed E-state index contributed by atoms with van der Waals surface area (Å²) in [5, 5.41) is 0. The van der Waals surface area contributed by atoms with Gasteiger partial charge in [0.25, 0.3) is 0 Å². The first kappa shape index (κ1) is 11.7. The van der Waals surface area contributed by atoms with Gasteiger partial charge in [0.05, 0.1) is 6.54 Å². The molecule has 0 unspecified atom stereocenters. The molecule has 5 nitrogen and oxygen atoms in total. The molecular formula is C10H17N3O2. The van der Waals surface area contributed by atoms with E-state index < -0.39 is 0 Å². The number of carbonyl (C=O) groups is 2. The van der Waals surface area contributed by atoms with E-state index in [4.69, 9.17) is 5.73 Å². The van der Waals surface area contributed by atoms with Crippen LogP contribution in [0, 0.1) is 0 Å². The first-order valence-electron chi connectivity index (χ1n) is 5.00. The molecule has 2 amide bonds. The lowest BCUT2D eigenvalue weighted by molar-refractivity contribution is -0.149. The van der Waals surface area contributed by atoms with Gasteiger partial charge in [0.2, 0.25) is 11.8 Å². The molecule has 2 N–H and O–H groups in total. The molecule has 1 rings (SSSR count). The summed E-state index contributed by atoms with van der Waals surface area (Å²) in [4.78, 5) is 26.2. The summed E-state index contributed by atoms with van der Waals surface area (Å²) in [7, 11) is 0. The number of amides is 2. The molecule has 1 aliphatic rings. The molecule has 0 saturated carbocycles. The van der Waals surface area contributed by atoms with E-state index in [1.807, 2.05) is 6.92 Å². The average Bonchev–Trinajstić information content (AvgIpc) is 2.22. The number of likely N-dealkylation sites (N-methyl/N-ethyl adjacent to an activating group) is 1. The van der Waals surface area contributed by atoms with Crippen LogP contribution in [0.2, 0.25) is 0 Å². The van der Waals surface area contributed by atoms with Crippen LogP contribution in [-0.2, 0) is 9.59 Å². The first-order chi connectivity index (χ1) is 7.08. The Morgan fingerprint density at radius 1 is 1.33 bits per heavy atom. The van der Waals surface area contributed by atoms with Gasteiger partial charge in [-0.25, -0.2) is 0 Å². The topological polar surface area (TPSA) is 66.6 Å². The van der Waals surface area contributed by atoms with Gasteiger partial charge in [-0.3, -0.25) is 9.59 Å². The Bertz CT molecular complexity index is 288. The van der Waals surface area contributed by atoms with E-state index in [9.17, 15) is 9.59 Å². The molecule has 0 spiro atoms. The fourth-order valence-electron chi connectivity index (χ4n) is 1.47. The highest BCUT2D eigenvalue weighted by molar-refractivity contribution is 5.92. The molecule has 0 atom stereocenters. The molecule has 0 aromatic heterocycles. The molecule has 0 bridgehead atoms. The van der Waals surface area contributed by atoms with Gasteiger partial charge in [-0.1, -0.05) is 6.58 Å². The quantitative estimate of drug-likeness (QED) is 0.619. The van der Waals surface area contributed by atoms with Gasteiger partial charge in [0, 0.05) is 19.6 Å². The van der Waals surface area contributed by atoms with E-state index >= 15 is 0 Å². The largest absolute Gasteiger partial charge is 0.332 e. The fourth-order valence-corrected chi connectivity index (χ4v) is 1.47. The Morgan fingerprint density at radius 3 is 2.40 bits per heavy atom. The van der Waals surface area contributed by atoms with Crippen LogP contribution in [0.4, 0.5) is 0 Å². The van der Waals surface area contributed by atoms with E-state index in [0.717, 1.165) is 5.57 Å². The standard InChI is InChI=1S/C10H17N3O2/c1-3-12-6-10(15)13(7-9(12)14)5-8(2)4-11/h2-7,11H2,1H3. The van der Waals surface area contributed by atoms with Crippen LogP contribution in [0.3, 0.4) is 0 Å². The lowest BCUT2D eigenvalue weighted by atomic mass is 10.2. The smallest absolute Gasteiger partial charge is 0.242 e. The summed E-state index contributed by atoms with van der Waals surface area (Å²) in [6.07, 6.45) is 0. The van der Waals surface area contributed by atoms with Crippen LogP contribution < -0.4 is 5.73 Å². The molecule has 84 valence electrons. The van der Waals surface area contributed by atoms with Crippen LogP contribution in [0.5, 0.6) is 0 Å². The highest BCUT2D eigenvalue weighted by Crippen LogP contribution is 2.06. The first-order valence-corrected chi connectivity index (χ1v) is 5.00. The normalized spacial score (nSPS) is 17.2. The number of rotatable bonds is 4. The zero-order valence-electron chi connectivity index (χ0n) is 9.03. The van der Waals surface area contributed by atoms with E-state index in [1.54, 1.807) is 4.90 Å². The zero-order chi connectivity index (χ0) is 11.4. The Labute approximate surface area is 89.5 Å². The number of hydrogen-bond donors (Lipinski definition) is 1. The molecule has 1 fully saturated rings. The van der Waals surface area contributed by atoms with Crippen LogP contribution >= 0.6 is 0 Å². The van der Waals surface area contributed by atoms with Crippen molar-refractivity contribution in [1.29, 1.82) is 0 Å². The zero-order valence-corrected chi connectivity index (χ0v) is 9.03. The highest BCUT2D eigenvalue weighted by Gasteiger charge is 2.28. The minimum atomic E-state index is -0.0361. The van der Waals surface area contributed by atoms with E-state index in [1.165, 1.54) is 4.90 Å². The van der Waals surface area contributed by atoms with Crippen molar-refractivity contribution in [2.75, 3.05) is 32.7 Å². The van der Waals surface area contributed by atoms with Gasteiger partial charge in [-0.05, 0) is 12.5 Å². The minimum absolute atomic E-state index is 0.0121. The van der Waals surface area contributed by atoms with E-state index in [2.05, 4.69) is 6.58 Å². The highest BCUT2D eigenvalue weighted by atomic mass is 16.2. The summed E-state index contributed by atoms with van der Waals surface area (Å²) >= 11 is 0. The maximum Gasteiger partial charge on any atom is 0.242 e. The predicted molar refractivity (Wildman–Crippen MR) is 57.0 cm³/mol. The van der Waals surface area contributed by atoms with Crippen molar-refractivity contribution in [1.82, 2.24) is 9.80 Å². The van der Waals surface area contributed by atoms with E-state index in [0.29, 0.717) is 19.6 Å². The molecule has 1 aliphatic heterocycles. The Balaban J connectivity index is 2.59. The minimum Gasteiger partial charge on any atom is -0.332 e. The average molecular weight is 211 g/mol. The molecular weight excluding hydrogens is 194 g/mol. The van der Waals surface area contributed by atoms with Crippen molar-refractivity contribution in [3.05, 3.63) is 12.2 Å². The molecule has 15 heavy (non-hydrogen) atoms. The van der Waals surface area contributed by atoms with Crippen LogP contribution in [0.1, 0.15) is 6.92 Å². The number of nitrogens with two attached hydrogens (primary N) is 1. The Kier molecular flexibility index (Phi) is 3.85. The van der Waals surface area contributed by atoms with Crippen LogP contribution in [-0.4, -0.2) is 54.3 Å². The summed E-state index contributed by atoms with van der Waals surface area (Å²) in [6.45, 7) is 7.21. The molecule has 0 radical (unpaired) electrons. The molecule has 0 aromatic carbocycles. The Morgan fingerprint density at radius 2 is 1.87 bits per heavy atom. The molecule has 0 aromatic rings. The maximum atomic E-state index is 11.6. The third-order valence-electron chi connectivity index (χ3n) is 2.44. The summed E-state index contributed by atoms with van der Waals surface area (Å²) in [5.41, 5.74) is 6.15.